The molecule has 0 aliphatic carbocycles. The first kappa shape index (κ1) is 8.68. The average Bonchev–Trinajstić information content (AvgIpc) is 2.82. The van der Waals surface area contributed by atoms with E-state index in [1.807, 2.05) is 19.1 Å². The molecule has 2 heterocycles. The van der Waals surface area contributed by atoms with Gasteiger partial charge in [-0.15, -0.1) is 11.3 Å². The van der Waals surface area contributed by atoms with E-state index in [1.165, 1.54) is 4.70 Å². The van der Waals surface area contributed by atoms with Crippen LogP contribution in [0.2, 0.25) is 0 Å². The van der Waals surface area contributed by atoms with Gasteiger partial charge in [-0.05, 0) is 37.3 Å². The predicted octanol–water partition coefficient (Wildman–Crippen LogP) is 3.86. The van der Waals surface area contributed by atoms with Crippen molar-refractivity contribution in [2.45, 2.75) is 6.92 Å². The van der Waals surface area contributed by atoms with Crippen molar-refractivity contribution in [2.75, 3.05) is 0 Å². The zero-order valence-corrected chi connectivity index (χ0v) is 9.04. The predicted molar refractivity (Wildman–Crippen MR) is 62.1 cm³/mol. The molecule has 15 heavy (non-hydrogen) atoms. The number of hydrogen-bond donors (Lipinski definition) is 0. The molecule has 0 saturated heterocycles. The van der Waals surface area contributed by atoms with Crippen LogP contribution in [0.1, 0.15) is 5.01 Å². The molecular formula is C12H9NOS. The van der Waals surface area contributed by atoms with Crippen LogP contribution < -0.4 is 0 Å². The normalized spacial score (nSPS) is 11.0. The molecule has 3 heteroatoms. The van der Waals surface area contributed by atoms with Gasteiger partial charge in [-0.1, -0.05) is 0 Å². The molecule has 3 aromatic rings. The van der Waals surface area contributed by atoms with Crippen molar-refractivity contribution in [3.8, 4) is 11.3 Å². The molecule has 2 nitrogen and oxygen atoms in total. The van der Waals surface area contributed by atoms with Gasteiger partial charge < -0.3 is 4.42 Å². The molecule has 0 saturated carbocycles. The van der Waals surface area contributed by atoms with Gasteiger partial charge in [0.1, 0.15) is 5.76 Å². The van der Waals surface area contributed by atoms with Gasteiger partial charge in [-0.2, -0.15) is 0 Å². The molecule has 74 valence electrons. The van der Waals surface area contributed by atoms with E-state index < -0.39 is 0 Å². The Morgan fingerprint density at radius 3 is 3.00 bits per heavy atom. The van der Waals surface area contributed by atoms with Crippen molar-refractivity contribution in [1.29, 1.82) is 0 Å². The van der Waals surface area contributed by atoms with Crippen LogP contribution in [0.5, 0.6) is 0 Å². The molecule has 0 unspecified atom stereocenters. The van der Waals surface area contributed by atoms with Crippen LogP contribution in [0.15, 0.2) is 41.0 Å². The van der Waals surface area contributed by atoms with Crippen LogP contribution in [0.4, 0.5) is 0 Å². The summed E-state index contributed by atoms with van der Waals surface area (Å²) in [4.78, 5) is 4.46. The molecule has 1 aromatic carbocycles. The molecule has 0 atom stereocenters. The van der Waals surface area contributed by atoms with Gasteiger partial charge in [0.15, 0.2) is 0 Å². The Morgan fingerprint density at radius 1 is 1.27 bits per heavy atom. The van der Waals surface area contributed by atoms with Crippen LogP contribution >= 0.6 is 11.3 Å². The number of thiazole rings is 1. The lowest BCUT2D eigenvalue weighted by molar-refractivity contribution is 0.582. The quantitative estimate of drug-likeness (QED) is 0.616. The first-order valence-electron chi connectivity index (χ1n) is 4.74. The fourth-order valence-electron chi connectivity index (χ4n) is 1.64. The summed E-state index contributed by atoms with van der Waals surface area (Å²) >= 11 is 1.72. The van der Waals surface area contributed by atoms with Gasteiger partial charge in [-0.3, -0.25) is 0 Å². The van der Waals surface area contributed by atoms with Crippen molar-refractivity contribution in [3.05, 3.63) is 41.6 Å². The van der Waals surface area contributed by atoms with E-state index in [0.29, 0.717) is 0 Å². The number of rotatable bonds is 1. The zero-order chi connectivity index (χ0) is 10.3. The van der Waals surface area contributed by atoms with Crippen LogP contribution in [0.25, 0.3) is 21.5 Å². The second-order valence-corrected chi connectivity index (χ2v) is 4.63. The number of furan rings is 1. The molecule has 2 aromatic heterocycles. The summed E-state index contributed by atoms with van der Waals surface area (Å²) in [6.07, 6.45) is 1.69. The lowest BCUT2D eigenvalue weighted by Crippen LogP contribution is -1.74. The summed E-state index contributed by atoms with van der Waals surface area (Å²) in [5.41, 5.74) is 2.13. The van der Waals surface area contributed by atoms with Crippen LogP contribution in [0.3, 0.4) is 0 Å². The van der Waals surface area contributed by atoms with Crippen molar-refractivity contribution in [1.82, 2.24) is 4.98 Å². The van der Waals surface area contributed by atoms with Crippen molar-refractivity contribution >= 4 is 21.6 Å². The van der Waals surface area contributed by atoms with E-state index in [0.717, 1.165) is 21.8 Å². The Morgan fingerprint density at radius 2 is 2.20 bits per heavy atom. The average molecular weight is 215 g/mol. The number of hydrogen-bond acceptors (Lipinski definition) is 3. The Labute approximate surface area is 91.2 Å². The molecule has 0 N–H and O–H groups in total. The van der Waals surface area contributed by atoms with Crippen molar-refractivity contribution in [3.63, 3.8) is 0 Å². The van der Waals surface area contributed by atoms with Gasteiger partial charge in [0.05, 0.1) is 21.5 Å². The summed E-state index contributed by atoms with van der Waals surface area (Å²) in [6, 6.07) is 10.1. The van der Waals surface area contributed by atoms with Gasteiger partial charge in [0.2, 0.25) is 0 Å². The first-order chi connectivity index (χ1) is 7.33. The zero-order valence-electron chi connectivity index (χ0n) is 8.23. The Balaban J connectivity index is 2.21. The largest absolute Gasteiger partial charge is 0.464 e. The highest BCUT2D eigenvalue weighted by Crippen LogP contribution is 2.27. The molecule has 0 fully saturated rings. The highest BCUT2D eigenvalue weighted by molar-refractivity contribution is 7.18. The third kappa shape index (κ3) is 1.45. The number of aryl methyl sites for hydroxylation is 1. The van der Waals surface area contributed by atoms with E-state index in [-0.39, 0.29) is 0 Å². The summed E-state index contributed by atoms with van der Waals surface area (Å²) in [5, 5.41) is 1.10. The van der Waals surface area contributed by atoms with E-state index in [1.54, 1.807) is 17.6 Å². The van der Waals surface area contributed by atoms with Crippen molar-refractivity contribution < 1.29 is 4.42 Å². The van der Waals surface area contributed by atoms with Crippen LogP contribution in [-0.4, -0.2) is 4.98 Å². The third-order valence-electron chi connectivity index (χ3n) is 2.30. The minimum absolute atomic E-state index is 0.891. The molecule has 0 aliphatic heterocycles. The van der Waals surface area contributed by atoms with Crippen LogP contribution in [0, 0.1) is 6.92 Å². The highest BCUT2D eigenvalue weighted by Gasteiger charge is 2.04. The first-order valence-corrected chi connectivity index (χ1v) is 5.56. The number of nitrogens with zero attached hydrogens (tertiary/aromatic N) is 1. The van der Waals surface area contributed by atoms with Crippen LogP contribution in [-0.2, 0) is 0 Å². The molecule has 3 rings (SSSR count). The molecule has 0 spiro atoms. The number of aromatic nitrogens is 1. The third-order valence-corrected chi connectivity index (χ3v) is 3.25. The SMILES string of the molecule is Cc1nc2cc(-c3ccco3)ccc2s1. The minimum Gasteiger partial charge on any atom is -0.464 e. The molecular weight excluding hydrogens is 206 g/mol. The lowest BCUT2D eigenvalue weighted by atomic mass is 10.1. The Bertz CT molecular complexity index is 595. The standard InChI is InChI=1S/C12H9NOS/c1-8-13-10-7-9(4-5-12(10)15-8)11-3-2-6-14-11/h2-7H,1H3. The maximum Gasteiger partial charge on any atom is 0.133 e. The minimum atomic E-state index is 0.891. The van der Waals surface area contributed by atoms with Gasteiger partial charge in [0, 0.05) is 5.56 Å². The molecule has 0 amide bonds. The molecule has 0 bridgehead atoms. The molecule has 0 radical (unpaired) electrons. The smallest absolute Gasteiger partial charge is 0.133 e. The van der Waals surface area contributed by atoms with Gasteiger partial charge >= 0.3 is 0 Å². The van der Waals surface area contributed by atoms with E-state index >= 15 is 0 Å². The fourth-order valence-corrected chi connectivity index (χ4v) is 2.45. The fraction of sp³-hybridized carbons (Fsp3) is 0.0833. The Kier molecular flexibility index (Phi) is 1.86. The summed E-state index contributed by atoms with van der Waals surface area (Å²) in [7, 11) is 0. The maximum absolute atomic E-state index is 5.35. The summed E-state index contributed by atoms with van der Waals surface area (Å²) < 4.78 is 6.58. The second kappa shape index (κ2) is 3.21. The summed E-state index contributed by atoms with van der Waals surface area (Å²) in [6.45, 7) is 2.03. The van der Waals surface area contributed by atoms with Gasteiger partial charge in [-0.25, -0.2) is 4.98 Å². The number of fused-ring (bicyclic) bond motifs is 1. The van der Waals surface area contributed by atoms with E-state index in [9.17, 15) is 0 Å². The maximum atomic E-state index is 5.35. The lowest BCUT2D eigenvalue weighted by Gasteiger charge is -1.95. The Hall–Kier alpha value is -1.61. The van der Waals surface area contributed by atoms with Gasteiger partial charge in [0.25, 0.3) is 0 Å². The van der Waals surface area contributed by atoms with E-state index in [2.05, 4.69) is 23.2 Å². The van der Waals surface area contributed by atoms with Crippen molar-refractivity contribution in [2.24, 2.45) is 0 Å². The molecule has 0 aliphatic rings. The summed E-state index contributed by atoms with van der Waals surface area (Å²) in [5.74, 6) is 0.891. The van der Waals surface area contributed by atoms with E-state index in [4.69, 9.17) is 4.42 Å². The number of benzene rings is 1. The monoisotopic (exact) mass is 215 g/mol. The second-order valence-electron chi connectivity index (χ2n) is 3.39. The topological polar surface area (TPSA) is 26.0 Å². The highest BCUT2D eigenvalue weighted by atomic mass is 32.1.